The molecule has 1 aromatic carbocycles. The minimum atomic E-state index is -3.33. The molecule has 0 amide bonds. The number of hydrogen-bond acceptors (Lipinski definition) is 2. The summed E-state index contributed by atoms with van der Waals surface area (Å²) in [5.74, 6) is 0. The van der Waals surface area contributed by atoms with Gasteiger partial charge in [-0.1, -0.05) is 37.3 Å². The average molecular weight is 214 g/mol. The summed E-state index contributed by atoms with van der Waals surface area (Å²) in [6, 6.07) is 9.37. The maximum atomic E-state index is 11.2. The SMILES string of the molecule is CCNS(=O)(=O)NCc1ccccc1. The van der Waals surface area contributed by atoms with E-state index in [2.05, 4.69) is 9.44 Å². The van der Waals surface area contributed by atoms with Gasteiger partial charge in [0.15, 0.2) is 0 Å². The van der Waals surface area contributed by atoms with Gasteiger partial charge in [0.25, 0.3) is 10.2 Å². The third-order valence-corrected chi connectivity index (χ3v) is 2.84. The number of nitrogens with one attached hydrogen (secondary N) is 2. The van der Waals surface area contributed by atoms with Crippen molar-refractivity contribution < 1.29 is 8.42 Å². The summed E-state index contributed by atoms with van der Waals surface area (Å²) in [4.78, 5) is 0. The summed E-state index contributed by atoms with van der Waals surface area (Å²) in [5, 5.41) is 0. The van der Waals surface area contributed by atoms with E-state index < -0.39 is 10.2 Å². The molecule has 0 aliphatic rings. The fraction of sp³-hybridized carbons (Fsp3) is 0.333. The van der Waals surface area contributed by atoms with Crippen LogP contribution in [0.4, 0.5) is 0 Å². The minimum absolute atomic E-state index is 0.316. The fourth-order valence-electron chi connectivity index (χ4n) is 1.02. The van der Waals surface area contributed by atoms with Gasteiger partial charge >= 0.3 is 0 Å². The topological polar surface area (TPSA) is 58.2 Å². The van der Waals surface area contributed by atoms with Crippen molar-refractivity contribution in [1.29, 1.82) is 0 Å². The Morgan fingerprint density at radius 1 is 1.14 bits per heavy atom. The quantitative estimate of drug-likeness (QED) is 0.755. The Labute approximate surface area is 84.5 Å². The summed E-state index contributed by atoms with van der Waals surface area (Å²) in [6.07, 6.45) is 0. The van der Waals surface area contributed by atoms with Crippen LogP contribution in [-0.4, -0.2) is 15.0 Å². The summed E-state index contributed by atoms with van der Waals surface area (Å²) >= 11 is 0. The van der Waals surface area contributed by atoms with Crippen molar-refractivity contribution in [1.82, 2.24) is 9.44 Å². The highest BCUT2D eigenvalue weighted by molar-refractivity contribution is 7.87. The number of benzene rings is 1. The van der Waals surface area contributed by atoms with Crippen molar-refractivity contribution in [3.63, 3.8) is 0 Å². The molecule has 0 saturated carbocycles. The van der Waals surface area contributed by atoms with Gasteiger partial charge in [-0.25, -0.2) is 4.72 Å². The van der Waals surface area contributed by atoms with E-state index in [0.29, 0.717) is 13.1 Å². The molecule has 4 nitrogen and oxygen atoms in total. The fourth-order valence-corrected chi connectivity index (χ4v) is 1.85. The Morgan fingerprint density at radius 2 is 1.79 bits per heavy atom. The second kappa shape index (κ2) is 5.09. The smallest absolute Gasteiger partial charge is 0.203 e. The Balaban J connectivity index is 2.49. The summed E-state index contributed by atoms with van der Waals surface area (Å²) in [6.45, 7) is 2.45. The van der Waals surface area contributed by atoms with Crippen molar-refractivity contribution >= 4 is 10.2 Å². The van der Waals surface area contributed by atoms with Gasteiger partial charge in [-0.15, -0.1) is 0 Å². The Hall–Kier alpha value is -0.910. The van der Waals surface area contributed by atoms with E-state index in [1.165, 1.54) is 0 Å². The summed E-state index contributed by atoms with van der Waals surface area (Å²) in [7, 11) is -3.33. The molecule has 0 heterocycles. The zero-order chi connectivity index (χ0) is 10.4. The molecule has 5 heteroatoms. The zero-order valence-electron chi connectivity index (χ0n) is 8.03. The Kier molecular flexibility index (Phi) is 4.06. The second-order valence-electron chi connectivity index (χ2n) is 2.81. The highest BCUT2D eigenvalue weighted by Gasteiger charge is 2.05. The molecule has 0 aliphatic heterocycles. The van der Waals surface area contributed by atoms with Crippen LogP contribution in [0.3, 0.4) is 0 Å². The normalized spacial score (nSPS) is 11.5. The first-order valence-corrected chi connectivity index (χ1v) is 5.90. The molecule has 0 aromatic heterocycles. The molecule has 2 N–H and O–H groups in total. The first-order valence-electron chi connectivity index (χ1n) is 4.42. The van der Waals surface area contributed by atoms with Crippen molar-refractivity contribution in [2.24, 2.45) is 0 Å². The molecule has 0 bridgehead atoms. The lowest BCUT2D eigenvalue weighted by atomic mass is 10.2. The van der Waals surface area contributed by atoms with Crippen LogP contribution in [0.2, 0.25) is 0 Å². The van der Waals surface area contributed by atoms with E-state index in [0.717, 1.165) is 5.56 Å². The van der Waals surface area contributed by atoms with Crippen molar-refractivity contribution in [3.8, 4) is 0 Å². The van der Waals surface area contributed by atoms with Crippen LogP contribution < -0.4 is 9.44 Å². The lowest BCUT2D eigenvalue weighted by Gasteiger charge is -2.05. The maximum absolute atomic E-state index is 11.2. The van der Waals surface area contributed by atoms with Crippen LogP contribution in [0.5, 0.6) is 0 Å². The molecular weight excluding hydrogens is 200 g/mol. The molecule has 0 atom stereocenters. The van der Waals surface area contributed by atoms with E-state index in [1.807, 2.05) is 30.3 Å². The van der Waals surface area contributed by atoms with E-state index >= 15 is 0 Å². The average Bonchev–Trinajstić information content (AvgIpc) is 2.17. The number of hydrogen-bond donors (Lipinski definition) is 2. The van der Waals surface area contributed by atoms with Crippen LogP contribution in [0.1, 0.15) is 12.5 Å². The van der Waals surface area contributed by atoms with E-state index in [-0.39, 0.29) is 0 Å². The predicted molar refractivity (Wildman–Crippen MR) is 55.9 cm³/mol. The van der Waals surface area contributed by atoms with Gasteiger partial charge < -0.3 is 0 Å². The largest absolute Gasteiger partial charge is 0.277 e. The highest BCUT2D eigenvalue weighted by Crippen LogP contribution is 1.97. The molecule has 14 heavy (non-hydrogen) atoms. The third-order valence-electron chi connectivity index (χ3n) is 1.64. The van der Waals surface area contributed by atoms with Crippen molar-refractivity contribution in [3.05, 3.63) is 35.9 Å². The van der Waals surface area contributed by atoms with Gasteiger partial charge in [0.2, 0.25) is 0 Å². The molecule has 0 fully saturated rings. The summed E-state index contributed by atoms with van der Waals surface area (Å²) in [5.41, 5.74) is 0.939. The maximum Gasteiger partial charge on any atom is 0.277 e. The molecule has 1 rings (SSSR count). The summed E-state index contributed by atoms with van der Waals surface area (Å²) < 4.78 is 27.2. The molecular formula is C9H14N2O2S. The molecule has 78 valence electrons. The lowest BCUT2D eigenvalue weighted by Crippen LogP contribution is -2.35. The van der Waals surface area contributed by atoms with E-state index in [4.69, 9.17) is 0 Å². The first kappa shape index (κ1) is 11.2. The van der Waals surface area contributed by atoms with Gasteiger partial charge in [0, 0.05) is 13.1 Å². The van der Waals surface area contributed by atoms with Gasteiger partial charge in [-0.2, -0.15) is 13.1 Å². The second-order valence-corrected chi connectivity index (χ2v) is 4.39. The zero-order valence-corrected chi connectivity index (χ0v) is 8.84. The minimum Gasteiger partial charge on any atom is -0.203 e. The molecule has 0 saturated heterocycles. The van der Waals surface area contributed by atoms with Crippen molar-refractivity contribution in [2.45, 2.75) is 13.5 Å². The molecule has 0 unspecified atom stereocenters. The molecule has 0 radical (unpaired) electrons. The molecule has 0 aliphatic carbocycles. The van der Waals surface area contributed by atoms with Crippen molar-refractivity contribution in [2.75, 3.05) is 6.54 Å². The standard InChI is InChI=1S/C9H14N2O2S/c1-2-10-14(12,13)11-8-9-6-4-3-5-7-9/h3-7,10-11H,2,8H2,1H3. The Bertz CT molecular complexity index is 362. The van der Waals surface area contributed by atoms with E-state index in [1.54, 1.807) is 6.92 Å². The van der Waals surface area contributed by atoms with Crippen LogP contribution in [-0.2, 0) is 16.8 Å². The van der Waals surface area contributed by atoms with Crippen LogP contribution >= 0.6 is 0 Å². The van der Waals surface area contributed by atoms with Crippen LogP contribution in [0.25, 0.3) is 0 Å². The third kappa shape index (κ3) is 3.87. The first-order chi connectivity index (χ1) is 6.64. The van der Waals surface area contributed by atoms with Gasteiger partial charge in [0.05, 0.1) is 0 Å². The molecule has 0 spiro atoms. The van der Waals surface area contributed by atoms with Gasteiger partial charge in [-0.3, -0.25) is 0 Å². The van der Waals surface area contributed by atoms with Gasteiger partial charge in [-0.05, 0) is 5.56 Å². The number of rotatable bonds is 5. The van der Waals surface area contributed by atoms with Gasteiger partial charge in [0.1, 0.15) is 0 Å². The Morgan fingerprint density at radius 3 is 2.36 bits per heavy atom. The highest BCUT2D eigenvalue weighted by atomic mass is 32.2. The predicted octanol–water partition coefficient (Wildman–Crippen LogP) is 0.630. The lowest BCUT2D eigenvalue weighted by molar-refractivity contribution is 0.568. The monoisotopic (exact) mass is 214 g/mol. The van der Waals surface area contributed by atoms with E-state index in [9.17, 15) is 8.42 Å². The molecule has 1 aromatic rings. The van der Waals surface area contributed by atoms with Crippen LogP contribution in [0.15, 0.2) is 30.3 Å². The van der Waals surface area contributed by atoms with Crippen LogP contribution in [0, 0.1) is 0 Å².